The predicted octanol–water partition coefficient (Wildman–Crippen LogP) is 3.76. The first kappa shape index (κ1) is 20.8. The number of ether oxygens (including phenoxy) is 4. The number of nitrogens with zero attached hydrogens (tertiary/aromatic N) is 4. The lowest BCUT2D eigenvalue weighted by atomic mass is 10.3. The van der Waals surface area contributed by atoms with Crippen LogP contribution in [0.1, 0.15) is 0 Å². The highest BCUT2D eigenvalue weighted by Crippen LogP contribution is 2.30. The summed E-state index contributed by atoms with van der Waals surface area (Å²) in [6.07, 6.45) is 2.02. The summed E-state index contributed by atoms with van der Waals surface area (Å²) < 4.78 is 23.9. The largest absolute Gasteiger partial charge is 0.491 e. The average molecular weight is 399 g/mol. The van der Waals surface area contributed by atoms with Crippen LogP contribution < -0.4 is 4.74 Å². The molecule has 2 rings (SSSR count). The van der Waals surface area contributed by atoms with Crippen LogP contribution in [0.5, 0.6) is 5.75 Å². The summed E-state index contributed by atoms with van der Waals surface area (Å²) in [5, 5.41) is 3.37. The second kappa shape index (κ2) is 12.7. The van der Waals surface area contributed by atoms with E-state index in [9.17, 15) is 0 Å². The Bertz CT molecular complexity index is 707. The molecule has 0 fully saturated rings. The first-order valence-electron chi connectivity index (χ1n) is 8.15. The molecule has 1 aromatic heterocycles. The van der Waals surface area contributed by atoms with Crippen molar-refractivity contribution in [2.45, 2.75) is 4.34 Å². The summed E-state index contributed by atoms with van der Waals surface area (Å²) in [5.74, 6) is 0.799. The van der Waals surface area contributed by atoms with Gasteiger partial charge in [0, 0.05) is 17.5 Å². The highest BCUT2D eigenvalue weighted by Gasteiger charge is 2.04. The number of azide groups is 1. The molecule has 8 nitrogen and oxygen atoms in total. The smallest absolute Gasteiger partial charge is 0.150 e. The summed E-state index contributed by atoms with van der Waals surface area (Å²) in [5.41, 5.74) is 9.06. The van der Waals surface area contributed by atoms with Crippen LogP contribution in [0.2, 0.25) is 0 Å². The van der Waals surface area contributed by atoms with Crippen molar-refractivity contribution in [3.63, 3.8) is 0 Å². The van der Waals surface area contributed by atoms with Crippen molar-refractivity contribution in [3.8, 4) is 5.75 Å². The maximum atomic E-state index is 8.10. The molecule has 0 aliphatic heterocycles. The Labute approximate surface area is 160 Å². The molecule has 26 heavy (non-hydrogen) atoms. The number of hydrogen-bond donors (Lipinski definition) is 0. The molecule has 1 heterocycles. The number of rotatable bonds is 14. The number of hydrogen-bond acceptors (Lipinski definition) is 8. The molecular weight excluding hydrogens is 376 g/mol. The lowest BCUT2D eigenvalue weighted by molar-refractivity contribution is 0.0106. The third-order valence-corrected chi connectivity index (χ3v) is 5.17. The van der Waals surface area contributed by atoms with E-state index < -0.39 is 0 Å². The van der Waals surface area contributed by atoms with E-state index in [-0.39, 0.29) is 0 Å². The second-order valence-corrected chi connectivity index (χ2v) is 7.04. The zero-order chi connectivity index (χ0) is 18.5. The Morgan fingerprint density at radius 2 is 1.77 bits per heavy atom. The van der Waals surface area contributed by atoms with Crippen molar-refractivity contribution in [1.82, 2.24) is 4.98 Å². The van der Waals surface area contributed by atoms with Crippen LogP contribution in [0, 0.1) is 0 Å². The maximum Gasteiger partial charge on any atom is 0.150 e. The zero-order valence-corrected chi connectivity index (χ0v) is 16.3. The van der Waals surface area contributed by atoms with Gasteiger partial charge in [-0.2, -0.15) is 0 Å². The summed E-state index contributed by atoms with van der Waals surface area (Å²) in [6, 6.07) is 5.94. The molecule has 0 saturated carbocycles. The standard InChI is InChI=1S/C16H22N4O4S2/c1-25-16-19-14-12-13(2-3-15(14)26-16)24-11-10-23-9-8-22-7-6-21-5-4-18-20-17/h2-3,12H,4-11H2,1H3. The van der Waals surface area contributed by atoms with Crippen LogP contribution in [0.3, 0.4) is 0 Å². The Balaban J connectivity index is 1.47. The number of thiazole rings is 1. The zero-order valence-electron chi connectivity index (χ0n) is 14.6. The number of fused-ring (bicyclic) bond motifs is 1. The lowest BCUT2D eigenvalue weighted by Gasteiger charge is -2.08. The van der Waals surface area contributed by atoms with Gasteiger partial charge in [0.2, 0.25) is 0 Å². The highest BCUT2D eigenvalue weighted by atomic mass is 32.2. The van der Waals surface area contributed by atoms with Gasteiger partial charge in [0.25, 0.3) is 0 Å². The SMILES string of the molecule is CSc1nc2cc(OCCOCCOCCOCCN=[N+]=[N-])ccc2s1. The third kappa shape index (κ3) is 7.77. The van der Waals surface area contributed by atoms with Crippen LogP contribution in [-0.2, 0) is 14.2 Å². The van der Waals surface area contributed by atoms with Gasteiger partial charge in [0.15, 0.2) is 4.34 Å². The summed E-state index contributed by atoms with van der Waals surface area (Å²) in [6.45, 7) is 3.69. The maximum absolute atomic E-state index is 8.10. The minimum absolute atomic E-state index is 0.341. The van der Waals surface area contributed by atoms with E-state index >= 15 is 0 Å². The number of benzene rings is 1. The Morgan fingerprint density at radius 3 is 2.46 bits per heavy atom. The second-order valence-electron chi connectivity index (χ2n) is 4.95. The van der Waals surface area contributed by atoms with E-state index in [1.807, 2.05) is 24.5 Å². The van der Waals surface area contributed by atoms with Crippen molar-refractivity contribution in [3.05, 3.63) is 28.6 Å². The molecule has 0 aliphatic carbocycles. The normalized spacial score (nSPS) is 10.8. The molecule has 0 N–H and O–H groups in total. The molecule has 0 aliphatic rings. The molecule has 2 aromatic rings. The van der Waals surface area contributed by atoms with Gasteiger partial charge in [-0.05, 0) is 23.9 Å². The Kier molecular flexibility index (Phi) is 10.2. The fourth-order valence-electron chi connectivity index (χ4n) is 1.97. The van der Waals surface area contributed by atoms with Crippen molar-refractivity contribution in [2.75, 3.05) is 59.0 Å². The third-order valence-electron chi connectivity index (χ3n) is 3.15. The van der Waals surface area contributed by atoms with Gasteiger partial charge in [0.05, 0.1) is 49.9 Å². The molecule has 1 aromatic carbocycles. The molecule has 0 saturated heterocycles. The van der Waals surface area contributed by atoms with Crippen molar-refractivity contribution in [1.29, 1.82) is 0 Å². The van der Waals surface area contributed by atoms with Crippen molar-refractivity contribution in [2.24, 2.45) is 5.11 Å². The minimum Gasteiger partial charge on any atom is -0.491 e. The molecule has 10 heteroatoms. The molecule has 0 radical (unpaired) electrons. The van der Waals surface area contributed by atoms with Crippen LogP contribution in [0.15, 0.2) is 27.7 Å². The van der Waals surface area contributed by atoms with Gasteiger partial charge in [-0.15, -0.1) is 11.3 Å². The topological polar surface area (TPSA) is 98.6 Å². The van der Waals surface area contributed by atoms with E-state index in [1.165, 1.54) is 0 Å². The first-order valence-corrected chi connectivity index (χ1v) is 10.2. The first-order chi connectivity index (χ1) is 12.8. The highest BCUT2D eigenvalue weighted by molar-refractivity contribution is 8.00. The average Bonchev–Trinajstić information content (AvgIpc) is 3.08. The van der Waals surface area contributed by atoms with Crippen LogP contribution in [0.25, 0.3) is 20.7 Å². The van der Waals surface area contributed by atoms with Crippen molar-refractivity contribution >= 4 is 33.3 Å². The van der Waals surface area contributed by atoms with Gasteiger partial charge < -0.3 is 18.9 Å². The Hall–Kier alpha value is -1.55. The molecule has 0 amide bonds. The van der Waals surface area contributed by atoms with E-state index in [1.54, 1.807) is 23.1 Å². The van der Waals surface area contributed by atoms with E-state index in [0.717, 1.165) is 20.3 Å². The quantitative estimate of drug-likeness (QED) is 0.158. The van der Waals surface area contributed by atoms with E-state index in [2.05, 4.69) is 15.0 Å². The molecule has 0 unspecified atom stereocenters. The van der Waals surface area contributed by atoms with Crippen LogP contribution in [-0.4, -0.2) is 64.0 Å². The lowest BCUT2D eigenvalue weighted by Crippen LogP contribution is -2.13. The number of aromatic nitrogens is 1. The monoisotopic (exact) mass is 398 g/mol. The summed E-state index contributed by atoms with van der Waals surface area (Å²) >= 11 is 3.33. The molecule has 0 atom stereocenters. The van der Waals surface area contributed by atoms with Gasteiger partial charge in [-0.3, -0.25) is 0 Å². The van der Waals surface area contributed by atoms with Crippen molar-refractivity contribution < 1.29 is 18.9 Å². The minimum atomic E-state index is 0.341. The summed E-state index contributed by atoms with van der Waals surface area (Å²) in [4.78, 5) is 7.17. The number of thioether (sulfide) groups is 1. The molecule has 142 valence electrons. The molecule has 0 spiro atoms. The fourth-order valence-corrected chi connectivity index (χ4v) is 3.44. The van der Waals surface area contributed by atoms with Gasteiger partial charge in [-0.1, -0.05) is 16.9 Å². The van der Waals surface area contributed by atoms with Gasteiger partial charge in [-0.25, -0.2) is 4.98 Å². The van der Waals surface area contributed by atoms with Crippen LogP contribution >= 0.6 is 23.1 Å². The van der Waals surface area contributed by atoms with Crippen LogP contribution in [0.4, 0.5) is 0 Å². The summed E-state index contributed by atoms with van der Waals surface area (Å²) in [7, 11) is 0. The molecular formula is C16H22N4O4S2. The Morgan fingerprint density at radius 1 is 1.08 bits per heavy atom. The molecule has 0 bridgehead atoms. The fraction of sp³-hybridized carbons (Fsp3) is 0.562. The van der Waals surface area contributed by atoms with E-state index in [0.29, 0.717) is 52.8 Å². The van der Waals surface area contributed by atoms with Gasteiger partial charge in [0.1, 0.15) is 12.4 Å². The predicted molar refractivity (Wildman–Crippen MR) is 103 cm³/mol. The van der Waals surface area contributed by atoms with E-state index in [4.69, 9.17) is 24.5 Å². The van der Waals surface area contributed by atoms with Gasteiger partial charge >= 0.3 is 0 Å².